The molecule has 0 radical (unpaired) electrons. The maximum Gasteiger partial charge on any atom is 0.343 e. The maximum atomic E-state index is 14.1. The molecule has 3 rings (SSSR count). The molecule has 0 atom stereocenters. The van der Waals surface area contributed by atoms with Crippen LogP contribution in [0.5, 0.6) is 5.75 Å². The van der Waals surface area contributed by atoms with E-state index in [1.807, 2.05) is 0 Å². The molecule has 0 spiro atoms. The van der Waals surface area contributed by atoms with Crippen molar-refractivity contribution in [3.63, 3.8) is 0 Å². The first-order valence-electron chi connectivity index (χ1n) is 7.77. The minimum Gasteiger partial charge on any atom is -0.491 e. The van der Waals surface area contributed by atoms with E-state index in [2.05, 4.69) is 6.58 Å². The quantitative estimate of drug-likeness (QED) is 0.614. The zero-order valence-corrected chi connectivity index (χ0v) is 13.9. The average Bonchev–Trinajstić information content (AvgIpc) is 3.40. The third-order valence-electron chi connectivity index (χ3n) is 3.98. The Balaban J connectivity index is 2.27. The van der Waals surface area contributed by atoms with Gasteiger partial charge in [-0.3, -0.25) is 4.79 Å². The summed E-state index contributed by atoms with van der Waals surface area (Å²) in [5.41, 5.74) is -0.193. The van der Waals surface area contributed by atoms with Gasteiger partial charge in [0.15, 0.2) is 11.6 Å². The molecule has 1 saturated carbocycles. The van der Waals surface area contributed by atoms with Crippen LogP contribution in [-0.4, -0.2) is 24.3 Å². The molecule has 2 aromatic rings. The Kier molecular flexibility index (Phi) is 4.32. The number of pyridine rings is 1. The highest BCUT2D eigenvalue weighted by Gasteiger charge is 2.30. The number of carbonyl (C=O) groups excluding carboxylic acids is 1. The highest BCUT2D eigenvalue weighted by atomic mass is 19.2. The van der Waals surface area contributed by atoms with E-state index in [1.165, 1.54) is 13.3 Å². The first kappa shape index (κ1) is 17.1. The lowest BCUT2D eigenvalue weighted by atomic mass is 10.1. The van der Waals surface area contributed by atoms with Crippen molar-refractivity contribution in [2.45, 2.75) is 25.8 Å². The summed E-state index contributed by atoms with van der Waals surface area (Å²) in [6, 6.07) is 0.791. The van der Waals surface area contributed by atoms with Gasteiger partial charge >= 0.3 is 5.97 Å². The van der Waals surface area contributed by atoms with Gasteiger partial charge in [-0.25, -0.2) is 9.18 Å². The fourth-order valence-corrected chi connectivity index (χ4v) is 2.67. The molecular formula is C18H17F2NO4. The van der Waals surface area contributed by atoms with Gasteiger partial charge in [0, 0.05) is 12.2 Å². The summed E-state index contributed by atoms with van der Waals surface area (Å²) in [7, 11) is 1.20. The zero-order valence-electron chi connectivity index (χ0n) is 13.9. The molecule has 0 unspecified atom stereocenters. The molecule has 0 bridgehead atoms. The number of hydrogen-bond donors (Lipinski definition) is 0. The fourth-order valence-electron chi connectivity index (χ4n) is 2.67. The van der Waals surface area contributed by atoms with Crippen LogP contribution in [0.3, 0.4) is 0 Å². The third kappa shape index (κ3) is 3.01. The Morgan fingerprint density at radius 3 is 2.64 bits per heavy atom. The Bertz CT molecular complexity index is 944. The normalized spacial score (nSPS) is 13.8. The number of carbonyl (C=O) groups is 1. The van der Waals surface area contributed by atoms with Crippen LogP contribution in [0.15, 0.2) is 29.2 Å². The lowest BCUT2D eigenvalue weighted by Crippen LogP contribution is -2.22. The molecule has 0 N–H and O–H groups in total. The molecule has 1 aromatic carbocycles. The van der Waals surface area contributed by atoms with Crippen LogP contribution in [-0.2, 0) is 4.74 Å². The van der Waals surface area contributed by atoms with Gasteiger partial charge < -0.3 is 14.0 Å². The number of nitrogens with zero attached hydrogens (tertiary/aromatic N) is 1. The molecule has 1 heterocycles. The first-order valence-corrected chi connectivity index (χ1v) is 7.77. The van der Waals surface area contributed by atoms with E-state index < -0.39 is 23.0 Å². The molecular weight excluding hydrogens is 332 g/mol. The minimum atomic E-state index is -1.21. The second kappa shape index (κ2) is 6.31. The van der Waals surface area contributed by atoms with E-state index in [4.69, 9.17) is 9.47 Å². The molecule has 0 aliphatic heterocycles. The Labute approximate surface area is 142 Å². The Hall–Kier alpha value is -2.70. The second-order valence-electron chi connectivity index (χ2n) is 6.15. The number of fused-ring (bicyclic) bond motifs is 1. The molecule has 7 heteroatoms. The lowest BCUT2D eigenvalue weighted by Gasteiger charge is -2.16. The van der Waals surface area contributed by atoms with Crippen molar-refractivity contribution < 1.29 is 23.0 Å². The summed E-state index contributed by atoms with van der Waals surface area (Å²) >= 11 is 0. The number of esters is 1. The Morgan fingerprint density at radius 1 is 1.40 bits per heavy atom. The molecule has 132 valence electrons. The number of aromatic nitrogens is 1. The molecule has 1 aliphatic carbocycles. The van der Waals surface area contributed by atoms with Crippen molar-refractivity contribution in [3.05, 3.63) is 51.8 Å². The van der Waals surface area contributed by atoms with E-state index in [-0.39, 0.29) is 34.9 Å². The number of hydrogen-bond acceptors (Lipinski definition) is 4. The van der Waals surface area contributed by atoms with Crippen LogP contribution in [0.2, 0.25) is 0 Å². The predicted molar refractivity (Wildman–Crippen MR) is 88.0 cm³/mol. The number of benzene rings is 1. The van der Waals surface area contributed by atoms with Gasteiger partial charge in [-0.15, -0.1) is 0 Å². The van der Waals surface area contributed by atoms with E-state index in [9.17, 15) is 18.4 Å². The van der Waals surface area contributed by atoms with E-state index in [0.717, 1.165) is 18.9 Å². The highest BCUT2D eigenvalue weighted by molar-refractivity contribution is 5.95. The summed E-state index contributed by atoms with van der Waals surface area (Å²) in [5.74, 6) is -3.55. The smallest absolute Gasteiger partial charge is 0.343 e. The topological polar surface area (TPSA) is 57.5 Å². The molecule has 1 aromatic heterocycles. The van der Waals surface area contributed by atoms with Crippen molar-refractivity contribution >= 4 is 16.9 Å². The van der Waals surface area contributed by atoms with Crippen molar-refractivity contribution in [1.29, 1.82) is 0 Å². The highest BCUT2D eigenvalue weighted by Crippen LogP contribution is 2.40. The van der Waals surface area contributed by atoms with Gasteiger partial charge in [0.25, 0.3) is 0 Å². The summed E-state index contributed by atoms with van der Waals surface area (Å²) in [4.78, 5) is 24.9. The molecule has 5 nitrogen and oxygen atoms in total. The van der Waals surface area contributed by atoms with Crippen LogP contribution in [0.4, 0.5) is 8.78 Å². The Morgan fingerprint density at radius 2 is 2.08 bits per heavy atom. The zero-order chi connectivity index (χ0) is 18.3. The number of ether oxygens (including phenoxy) is 2. The standard InChI is InChI=1S/C18H17F2NO4/c1-9(2)8-25-18(23)12-7-21(10-4-5-10)15-11(16(12)22)6-13(19)14(20)17(15)24-3/h6-7,10H,1,4-5,8H2,2-3H3. The summed E-state index contributed by atoms with van der Waals surface area (Å²) < 4.78 is 39.6. The molecule has 0 saturated heterocycles. The van der Waals surface area contributed by atoms with Crippen molar-refractivity contribution in [2.75, 3.05) is 13.7 Å². The van der Waals surface area contributed by atoms with Gasteiger partial charge in [-0.05, 0) is 31.4 Å². The average molecular weight is 349 g/mol. The van der Waals surface area contributed by atoms with Gasteiger partial charge in [0.1, 0.15) is 12.2 Å². The summed E-state index contributed by atoms with van der Waals surface area (Å²) in [5, 5.41) is -0.118. The van der Waals surface area contributed by atoms with Gasteiger partial charge in [0.05, 0.1) is 18.0 Å². The van der Waals surface area contributed by atoms with Crippen LogP contribution in [0.1, 0.15) is 36.2 Å². The third-order valence-corrected chi connectivity index (χ3v) is 3.98. The van der Waals surface area contributed by atoms with Crippen LogP contribution >= 0.6 is 0 Å². The minimum absolute atomic E-state index is 0.00504. The molecule has 0 amide bonds. The van der Waals surface area contributed by atoms with Crippen LogP contribution in [0, 0.1) is 11.6 Å². The lowest BCUT2D eigenvalue weighted by molar-refractivity contribution is 0.0538. The largest absolute Gasteiger partial charge is 0.491 e. The molecule has 1 aliphatic rings. The monoisotopic (exact) mass is 349 g/mol. The molecule has 25 heavy (non-hydrogen) atoms. The van der Waals surface area contributed by atoms with Gasteiger partial charge in [0.2, 0.25) is 11.2 Å². The van der Waals surface area contributed by atoms with Gasteiger partial charge in [-0.1, -0.05) is 6.58 Å². The van der Waals surface area contributed by atoms with Crippen molar-refractivity contribution in [2.24, 2.45) is 0 Å². The summed E-state index contributed by atoms with van der Waals surface area (Å²) in [6.45, 7) is 5.28. The number of methoxy groups -OCH3 is 1. The number of rotatable bonds is 5. The van der Waals surface area contributed by atoms with Crippen molar-refractivity contribution in [3.8, 4) is 5.75 Å². The predicted octanol–water partition coefficient (Wildman–Crippen LogP) is 3.36. The van der Waals surface area contributed by atoms with E-state index >= 15 is 0 Å². The molecule has 1 fully saturated rings. The maximum absolute atomic E-state index is 14.1. The van der Waals surface area contributed by atoms with E-state index in [1.54, 1.807) is 11.5 Å². The van der Waals surface area contributed by atoms with Crippen LogP contribution < -0.4 is 10.2 Å². The first-order chi connectivity index (χ1) is 11.8. The van der Waals surface area contributed by atoms with Gasteiger partial charge in [-0.2, -0.15) is 4.39 Å². The summed E-state index contributed by atoms with van der Waals surface area (Å²) in [6.07, 6.45) is 2.95. The fraction of sp³-hybridized carbons (Fsp3) is 0.333. The van der Waals surface area contributed by atoms with E-state index in [0.29, 0.717) is 5.57 Å². The van der Waals surface area contributed by atoms with Crippen molar-refractivity contribution in [1.82, 2.24) is 4.57 Å². The van der Waals surface area contributed by atoms with Crippen LogP contribution in [0.25, 0.3) is 10.9 Å². The second-order valence-corrected chi connectivity index (χ2v) is 6.15. The number of halogens is 2. The SMILES string of the molecule is C=C(C)COC(=O)c1cn(C2CC2)c2c(OC)c(F)c(F)cc2c1=O.